The molecule has 1 aromatic carbocycles. The Balaban J connectivity index is 1.66. The van der Waals surface area contributed by atoms with Gasteiger partial charge >= 0.3 is 0 Å². The molecule has 0 N–H and O–H groups in total. The van der Waals surface area contributed by atoms with Crippen LogP contribution in [0.15, 0.2) is 18.2 Å². The smallest absolute Gasteiger partial charge is 0.231 e. The fraction of sp³-hybridized carbons (Fsp3) is 0.600. The molecule has 0 saturated carbocycles. The number of likely N-dealkylation sites (N-methyl/N-ethyl adjacent to an activating group) is 1. The van der Waals surface area contributed by atoms with Gasteiger partial charge in [-0.2, -0.15) is 0 Å². The van der Waals surface area contributed by atoms with E-state index >= 15 is 0 Å². The van der Waals surface area contributed by atoms with Gasteiger partial charge in [-0.3, -0.25) is 0 Å². The first-order chi connectivity index (χ1) is 9.33. The summed E-state index contributed by atoms with van der Waals surface area (Å²) in [4.78, 5) is 2.36. The number of ether oxygens (including phenoxy) is 3. The van der Waals surface area contributed by atoms with Gasteiger partial charge < -0.3 is 19.1 Å². The third-order valence-corrected chi connectivity index (χ3v) is 3.42. The SMILES string of the molecule is CCN(CC)CCOCCc1ccc2c(c1)OCO2. The lowest BCUT2D eigenvalue weighted by Gasteiger charge is -2.17. The van der Waals surface area contributed by atoms with Crippen molar-refractivity contribution in [3.63, 3.8) is 0 Å². The number of rotatable bonds is 8. The molecular weight excluding hydrogens is 242 g/mol. The van der Waals surface area contributed by atoms with Gasteiger partial charge in [-0.1, -0.05) is 19.9 Å². The zero-order valence-electron chi connectivity index (χ0n) is 11.9. The van der Waals surface area contributed by atoms with E-state index in [-0.39, 0.29) is 0 Å². The Kier molecular flexibility index (Phi) is 5.48. The van der Waals surface area contributed by atoms with Crippen LogP contribution >= 0.6 is 0 Å². The number of benzene rings is 1. The molecule has 1 aliphatic heterocycles. The molecule has 106 valence electrons. The lowest BCUT2D eigenvalue weighted by Crippen LogP contribution is -2.27. The van der Waals surface area contributed by atoms with E-state index in [1.165, 1.54) is 5.56 Å². The summed E-state index contributed by atoms with van der Waals surface area (Å²) in [7, 11) is 0. The number of hydrogen-bond acceptors (Lipinski definition) is 4. The fourth-order valence-corrected chi connectivity index (χ4v) is 2.12. The first-order valence-corrected chi connectivity index (χ1v) is 7.02. The normalized spacial score (nSPS) is 13.2. The highest BCUT2D eigenvalue weighted by atomic mass is 16.7. The van der Waals surface area contributed by atoms with Crippen molar-refractivity contribution >= 4 is 0 Å². The van der Waals surface area contributed by atoms with Crippen molar-refractivity contribution in [3.8, 4) is 11.5 Å². The monoisotopic (exact) mass is 265 g/mol. The van der Waals surface area contributed by atoms with Crippen molar-refractivity contribution in [3.05, 3.63) is 23.8 Å². The molecule has 0 fully saturated rings. The molecule has 0 radical (unpaired) electrons. The minimum absolute atomic E-state index is 0.332. The third-order valence-electron chi connectivity index (χ3n) is 3.42. The van der Waals surface area contributed by atoms with Crippen LogP contribution in [0.25, 0.3) is 0 Å². The van der Waals surface area contributed by atoms with Gasteiger partial charge in [-0.15, -0.1) is 0 Å². The van der Waals surface area contributed by atoms with Crippen LogP contribution in [0.3, 0.4) is 0 Å². The maximum absolute atomic E-state index is 5.68. The second-order valence-electron chi connectivity index (χ2n) is 4.58. The van der Waals surface area contributed by atoms with Crippen LogP contribution < -0.4 is 9.47 Å². The first kappa shape index (κ1) is 14.2. The van der Waals surface area contributed by atoms with Crippen molar-refractivity contribution in [1.29, 1.82) is 0 Å². The molecule has 0 saturated heterocycles. The minimum atomic E-state index is 0.332. The van der Waals surface area contributed by atoms with Crippen LogP contribution in [0, 0.1) is 0 Å². The summed E-state index contributed by atoms with van der Waals surface area (Å²) in [6, 6.07) is 6.07. The van der Waals surface area contributed by atoms with Crippen molar-refractivity contribution in [2.45, 2.75) is 20.3 Å². The Morgan fingerprint density at radius 2 is 1.89 bits per heavy atom. The molecule has 0 atom stereocenters. The Morgan fingerprint density at radius 3 is 2.68 bits per heavy atom. The molecule has 0 aliphatic carbocycles. The van der Waals surface area contributed by atoms with Crippen molar-refractivity contribution in [1.82, 2.24) is 4.90 Å². The third kappa shape index (κ3) is 4.11. The average Bonchev–Trinajstić information content (AvgIpc) is 2.90. The van der Waals surface area contributed by atoms with Crippen molar-refractivity contribution in [2.24, 2.45) is 0 Å². The summed E-state index contributed by atoms with van der Waals surface area (Å²) < 4.78 is 16.3. The average molecular weight is 265 g/mol. The highest BCUT2D eigenvalue weighted by Gasteiger charge is 2.12. The summed E-state index contributed by atoms with van der Waals surface area (Å²) in [6.45, 7) is 9.41. The van der Waals surface area contributed by atoms with E-state index < -0.39 is 0 Å². The van der Waals surface area contributed by atoms with Crippen LogP contribution in [0.4, 0.5) is 0 Å². The maximum Gasteiger partial charge on any atom is 0.231 e. The molecule has 1 aromatic rings. The lowest BCUT2D eigenvalue weighted by atomic mass is 10.1. The topological polar surface area (TPSA) is 30.9 Å². The largest absolute Gasteiger partial charge is 0.454 e. The van der Waals surface area contributed by atoms with Crippen molar-refractivity contribution in [2.75, 3.05) is 39.6 Å². The Bertz CT molecular complexity index is 391. The summed E-state index contributed by atoms with van der Waals surface area (Å²) >= 11 is 0. The van der Waals surface area contributed by atoms with E-state index in [1.54, 1.807) is 0 Å². The predicted octanol–water partition coefficient (Wildman–Crippen LogP) is 2.32. The predicted molar refractivity (Wildman–Crippen MR) is 74.9 cm³/mol. The van der Waals surface area contributed by atoms with Gasteiger partial charge in [0.2, 0.25) is 6.79 Å². The van der Waals surface area contributed by atoms with Gasteiger partial charge in [0.05, 0.1) is 13.2 Å². The quantitative estimate of drug-likeness (QED) is 0.675. The Labute approximate surface area is 115 Å². The highest BCUT2D eigenvalue weighted by molar-refractivity contribution is 5.44. The summed E-state index contributed by atoms with van der Waals surface area (Å²) in [5.74, 6) is 1.69. The number of nitrogens with zero attached hydrogens (tertiary/aromatic N) is 1. The zero-order chi connectivity index (χ0) is 13.5. The van der Waals surface area contributed by atoms with Gasteiger partial charge in [0.25, 0.3) is 0 Å². The van der Waals surface area contributed by atoms with E-state index in [4.69, 9.17) is 14.2 Å². The van der Waals surface area contributed by atoms with Crippen LogP contribution in [0.2, 0.25) is 0 Å². The Hall–Kier alpha value is -1.26. The maximum atomic E-state index is 5.68. The van der Waals surface area contributed by atoms with E-state index in [0.29, 0.717) is 6.79 Å². The summed E-state index contributed by atoms with van der Waals surface area (Å²) in [5, 5.41) is 0. The summed E-state index contributed by atoms with van der Waals surface area (Å²) in [6.07, 6.45) is 0.912. The van der Waals surface area contributed by atoms with E-state index in [0.717, 1.165) is 50.8 Å². The summed E-state index contributed by atoms with van der Waals surface area (Å²) in [5.41, 5.74) is 1.23. The van der Waals surface area contributed by atoms with Crippen LogP contribution in [0.5, 0.6) is 11.5 Å². The Morgan fingerprint density at radius 1 is 1.11 bits per heavy atom. The van der Waals surface area contributed by atoms with Gasteiger partial charge in [-0.25, -0.2) is 0 Å². The van der Waals surface area contributed by atoms with Crippen LogP contribution in [-0.4, -0.2) is 44.5 Å². The molecule has 0 amide bonds. The molecule has 0 bridgehead atoms. The molecule has 0 unspecified atom stereocenters. The molecule has 2 rings (SSSR count). The minimum Gasteiger partial charge on any atom is -0.454 e. The molecule has 19 heavy (non-hydrogen) atoms. The van der Waals surface area contributed by atoms with Crippen LogP contribution in [-0.2, 0) is 11.2 Å². The van der Waals surface area contributed by atoms with E-state index in [9.17, 15) is 0 Å². The van der Waals surface area contributed by atoms with Gasteiger partial charge in [0, 0.05) is 6.54 Å². The molecule has 1 heterocycles. The molecule has 0 spiro atoms. The molecule has 0 aromatic heterocycles. The lowest BCUT2D eigenvalue weighted by molar-refractivity contribution is 0.109. The molecule has 4 nitrogen and oxygen atoms in total. The molecule has 4 heteroatoms. The standard InChI is InChI=1S/C15H23NO3/c1-3-16(4-2)8-10-17-9-7-13-5-6-14-15(11-13)19-12-18-14/h5-6,11H,3-4,7-10,12H2,1-2H3. The second-order valence-corrected chi connectivity index (χ2v) is 4.58. The van der Waals surface area contributed by atoms with Crippen LogP contribution in [0.1, 0.15) is 19.4 Å². The van der Waals surface area contributed by atoms with Gasteiger partial charge in [-0.05, 0) is 37.2 Å². The van der Waals surface area contributed by atoms with Crippen molar-refractivity contribution < 1.29 is 14.2 Å². The highest BCUT2D eigenvalue weighted by Crippen LogP contribution is 2.32. The number of fused-ring (bicyclic) bond motifs is 1. The fourth-order valence-electron chi connectivity index (χ4n) is 2.12. The van der Waals surface area contributed by atoms with E-state index in [2.05, 4.69) is 24.8 Å². The van der Waals surface area contributed by atoms with Gasteiger partial charge in [0.1, 0.15) is 0 Å². The van der Waals surface area contributed by atoms with Gasteiger partial charge in [0.15, 0.2) is 11.5 Å². The van der Waals surface area contributed by atoms with E-state index in [1.807, 2.05) is 12.1 Å². The second kappa shape index (κ2) is 7.36. The number of hydrogen-bond donors (Lipinski definition) is 0. The first-order valence-electron chi connectivity index (χ1n) is 7.02. The zero-order valence-corrected chi connectivity index (χ0v) is 11.9. The molecule has 1 aliphatic rings. The molecular formula is C15H23NO3.